The van der Waals surface area contributed by atoms with Gasteiger partial charge in [-0.1, -0.05) is 60.7 Å². The fourth-order valence-electron chi connectivity index (χ4n) is 2.76. The van der Waals surface area contributed by atoms with Gasteiger partial charge in [0, 0.05) is 12.1 Å². The Bertz CT molecular complexity index is 670. The number of hydrogen-bond acceptors (Lipinski definition) is 3. The molecule has 1 heterocycles. The van der Waals surface area contributed by atoms with Crippen LogP contribution in [0.2, 0.25) is 0 Å². The standard InChI is InChI=1S/C18H18N2O2/c21-18(22)20(14-17-9-5-2-6-10-17)12-11-19(15-20)13-16-7-3-1-4-8-16/h1-12H,13-15H2. The highest BCUT2D eigenvalue weighted by Crippen LogP contribution is 2.23. The fourth-order valence-corrected chi connectivity index (χ4v) is 2.76. The molecule has 1 atom stereocenters. The highest BCUT2D eigenvalue weighted by molar-refractivity contribution is 5.55. The number of carboxylic acid groups (broad SMARTS) is 1. The molecule has 22 heavy (non-hydrogen) atoms. The molecule has 112 valence electrons. The number of carbonyl (C=O) groups excluding carboxylic acids is 1. The molecule has 0 aliphatic carbocycles. The van der Waals surface area contributed by atoms with Crippen molar-refractivity contribution in [2.24, 2.45) is 0 Å². The van der Waals surface area contributed by atoms with Crippen LogP contribution in [0.25, 0.3) is 0 Å². The van der Waals surface area contributed by atoms with E-state index in [1.54, 1.807) is 6.20 Å². The predicted octanol–water partition coefficient (Wildman–Crippen LogP) is 2.29. The molecule has 4 heteroatoms. The second kappa shape index (κ2) is 6.03. The molecule has 1 unspecified atom stereocenters. The lowest BCUT2D eigenvalue weighted by molar-refractivity contribution is -0.843. The molecular formula is C18H18N2O2. The third-order valence-corrected chi connectivity index (χ3v) is 3.90. The summed E-state index contributed by atoms with van der Waals surface area (Å²) in [6, 6.07) is 19.7. The third-order valence-electron chi connectivity index (χ3n) is 3.90. The second-order valence-electron chi connectivity index (χ2n) is 5.62. The Morgan fingerprint density at radius 2 is 1.59 bits per heavy atom. The van der Waals surface area contributed by atoms with E-state index in [0.717, 1.165) is 11.1 Å². The summed E-state index contributed by atoms with van der Waals surface area (Å²) >= 11 is 0. The highest BCUT2D eigenvalue weighted by Gasteiger charge is 2.35. The van der Waals surface area contributed by atoms with E-state index >= 15 is 0 Å². The maximum Gasteiger partial charge on any atom is 0.264 e. The molecule has 1 aliphatic heterocycles. The van der Waals surface area contributed by atoms with Crippen LogP contribution in [0.15, 0.2) is 73.1 Å². The summed E-state index contributed by atoms with van der Waals surface area (Å²) < 4.78 is -0.198. The summed E-state index contributed by atoms with van der Waals surface area (Å²) in [5, 5.41) is 11.7. The first-order chi connectivity index (χ1) is 10.7. The van der Waals surface area contributed by atoms with E-state index in [1.165, 1.54) is 0 Å². The van der Waals surface area contributed by atoms with Gasteiger partial charge >= 0.3 is 0 Å². The Kier molecular flexibility index (Phi) is 3.94. The molecule has 2 aromatic carbocycles. The van der Waals surface area contributed by atoms with Gasteiger partial charge in [0.2, 0.25) is 0 Å². The van der Waals surface area contributed by atoms with Crippen molar-refractivity contribution in [3.8, 4) is 0 Å². The van der Waals surface area contributed by atoms with Gasteiger partial charge in [-0.25, -0.2) is 4.48 Å². The van der Waals surface area contributed by atoms with Crippen LogP contribution in [-0.4, -0.2) is 22.1 Å². The second-order valence-corrected chi connectivity index (χ2v) is 5.62. The topological polar surface area (TPSA) is 43.4 Å². The largest absolute Gasteiger partial charge is 0.498 e. The van der Waals surface area contributed by atoms with Crippen molar-refractivity contribution in [2.45, 2.75) is 13.1 Å². The summed E-state index contributed by atoms with van der Waals surface area (Å²) in [6.45, 7) is 1.47. The van der Waals surface area contributed by atoms with Crippen molar-refractivity contribution in [2.75, 3.05) is 6.67 Å². The van der Waals surface area contributed by atoms with Crippen LogP contribution in [0, 0.1) is 0 Å². The van der Waals surface area contributed by atoms with Crippen LogP contribution < -0.4 is 5.11 Å². The zero-order chi connectivity index (χ0) is 15.4. The number of quaternary nitrogens is 1. The molecule has 0 N–H and O–H groups in total. The van der Waals surface area contributed by atoms with Gasteiger partial charge in [0.1, 0.15) is 12.7 Å². The predicted molar refractivity (Wildman–Crippen MR) is 81.8 cm³/mol. The molecule has 2 aromatic rings. The summed E-state index contributed by atoms with van der Waals surface area (Å²) in [5.74, 6) is 0. The first kappa shape index (κ1) is 14.4. The minimum absolute atomic E-state index is 0.198. The van der Waals surface area contributed by atoms with E-state index in [1.807, 2.05) is 71.8 Å². The van der Waals surface area contributed by atoms with Crippen LogP contribution in [-0.2, 0) is 13.1 Å². The lowest BCUT2D eigenvalue weighted by Gasteiger charge is -2.32. The molecule has 0 spiro atoms. The van der Waals surface area contributed by atoms with Crippen LogP contribution in [0.1, 0.15) is 11.1 Å². The molecule has 3 rings (SSSR count). The summed E-state index contributed by atoms with van der Waals surface area (Å²) in [7, 11) is 0. The van der Waals surface area contributed by atoms with E-state index in [-0.39, 0.29) is 4.48 Å². The molecule has 0 aromatic heterocycles. The van der Waals surface area contributed by atoms with Crippen LogP contribution >= 0.6 is 0 Å². The normalized spacial score (nSPS) is 20.3. The van der Waals surface area contributed by atoms with Crippen molar-refractivity contribution < 1.29 is 14.4 Å². The Labute approximate surface area is 130 Å². The van der Waals surface area contributed by atoms with E-state index in [4.69, 9.17) is 0 Å². The van der Waals surface area contributed by atoms with E-state index in [9.17, 15) is 9.90 Å². The summed E-state index contributed by atoms with van der Waals surface area (Å²) in [4.78, 5) is 13.7. The molecule has 1 amide bonds. The quantitative estimate of drug-likeness (QED) is 0.813. The minimum atomic E-state index is -1.07. The van der Waals surface area contributed by atoms with Crippen molar-refractivity contribution in [3.05, 3.63) is 84.2 Å². The van der Waals surface area contributed by atoms with Crippen molar-refractivity contribution in [3.63, 3.8) is 0 Å². The van der Waals surface area contributed by atoms with Gasteiger partial charge in [-0.15, -0.1) is 0 Å². The molecule has 0 radical (unpaired) electrons. The molecule has 1 aliphatic rings. The van der Waals surface area contributed by atoms with E-state index < -0.39 is 6.09 Å². The van der Waals surface area contributed by atoms with E-state index in [0.29, 0.717) is 19.8 Å². The maximum absolute atomic E-state index is 11.7. The van der Waals surface area contributed by atoms with Crippen molar-refractivity contribution in [1.82, 2.24) is 4.90 Å². The summed E-state index contributed by atoms with van der Waals surface area (Å²) in [5.41, 5.74) is 2.14. The van der Waals surface area contributed by atoms with Gasteiger partial charge in [-0.2, -0.15) is 0 Å². The van der Waals surface area contributed by atoms with Gasteiger partial charge in [0.05, 0.1) is 6.20 Å². The fraction of sp³-hybridized carbons (Fsp3) is 0.167. The SMILES string of the molecule is O=C([O-])[N+]1(Cc2ccccc2)C=CN(Cc2ccccc2)C1. The Hall–Kier alpha value is -2.59. The molecule has 0 bridgehead atoms. The van der Waals surface area contributed by atoms with Crippen LogP contribution in [0.5, 0.6) is 0 Å². The van der Waals surface area contributed by atoms with Gasteiger partial charge in [0.25, 0.3) is 6.09 Å². The lowest BCUT2D eigenvalue weighted by atomic mass is 10.2. The number of rotatable bonds is 4. The van der Waals surface area contributed by atoms with Crippen LogP contribution in [0.3, 0.4) is 0 Å². The average Bonchev–Trinajstić information content (AvgIpc) is 2.93. The van der Waals surface area contributed by atoms with Crippen LogP contribution in [0.4, 0.5) is 4.79 Å². The minimum Gasteiger partial charge on any atom is -0.498 e. The Morgan fingerprint density at radius 3 is 2.18 bits per heavy atom. The zero-order valence-electron chi connectivity index (χ0n) is 12.3. The number of carbonyl (C=O) groups is 1. The summed E-state index contributed by atoms with van der Waals surface area (Å²) in [6.07, 6.45) is 2.49. The third kappa shape index (κ3) is 3.02. The van der Waals surface area contributed by atoms with Gasteiger partial charge in [-0.05, 0) is 5.56 Å². The molecular weight excluding hydrogens is 276 g/mol. The maximum atomic E-state index is 11.7. The van der Waals surface area contributed by atoms with Gasteiger partial charge in [0.15, 0.2) is 6.67 Å². The number of amides is 1. The monoisotopic (exact) mass is 294 g/mol. The Balaban J connectivity index is 1.74. The molecule has 0 saturated heterocycles. The number of benzene rings is 2. The lowest BCUT2D eigenvalue weighted by Crippen LogP contribution is -2.55. The van der Waals surface area contributed by atoms with Crippen molar-refractivity contribution in [1.29, 1.82) is 0 Å². The molecule has 4 nitrogen and oxygen atoms in total. The van der Waals surface area contributed by atoms with Crippen molar-refractivity contribution >= 4 is 6.09 Å². The molecule has 0 saturated carbocycles. The first-order valence-electron chi connectivity index (χ1n) is 7.27. The first-order valence-corrected chi connectivity index (χ1v) is 7.27. The van der Waals surface area contributed by atoms with Gasteiger partial charge in [-0.3, -0.25) is 0 Å². The average molecular weight is 294 g/mol. The van der Waals surface area contributed by atoms with Gasteiger partial charge < -0.3 is 14.8 Å². The Morgan fingerprint density at radius 1 is 1.00 bits per heavy atom. The zero-order valence-corrected chi connectivity index (χ0v) is 12.3. The number of hydrogen-bond donors (Lipinski definition) is 0. The smallest absolute Gasteiger partial charge is 0.264 e. The highest BCUT2D eigenvalue weighted by atomic mass is 16.4. The molecule has 0 fully saturated rings. The van der Waals surface area contributed by atoms with E-state index in [2.05, 4.69) is 0 Å². The number of nitrogens with zero attached hydrogens (tertiary/aromatic N) is 2.